The Balaban J connectivity index is 1.63. The van der Waals surface area contributed by atoms with Gasteiger partial charge in [-0.2, -0.15) is 4.31 Å². The summed E-state index contributed by atoms with van der Waals surface area (Å²) in [7, 11) is -2.15. The van der Waals surface area contributed by atoms with Gasteiger partial charge in [-0.05, 0) is 66.8 Å². The molecule has 1 saturated heterocycles. The molecule has 0 saturated carbocycles. The first kappa shape index (κ1) is 23.9. The number of halogens is 1. The van der Waals surface area contributed by atoms with Crippen LogP contribution >= 0.6 is 0 Å². The van der Waals surface area contributed by atoms with Gasteiger partial charge in [0, 0.05) is 31.4 Å². The summed E-state index contributed by atoms with van der Waals surface area (Å²) >= 11 is 0. The number of piperidine rings is 1. The van der Waals surface area contributed by atoms with Gasteiger partial charge in [0.25, 0.3) is 5.91 Å². The number of hydrogen-bond donors (Lipinski definition) is 1. The van der Waals surface area contributed by atoms with E-state index in [-0.39, 0.29) is 17.0 Å². The summed E-state index contributed by atoms with van der Waals surface area (Å²) < 4.78 is 40.4. The standard InChI is InChI=1S/C23H28FN3O4S/c1-16-12-17(2)14-27(13-16)32(30,31)21-10-4-18(5-11-21)23(29)26(3)15-22(28)25-20-8-6-19(24)7-9-20/h4-11,16-17H,12-15H2,1-3H3,(H,25,28). The Bertz CT molecular complexity index is 1060. The molecule has 1 N–H and O–H groups in total. The number of carbonyl (C=O) groups excluding carboxylic acids is 2. The molecular formula is C23H28FN3O4S. The number of anilines is 1. The van der Waals surface area contributed by atoms with E-state index in [1.54, 1.807) is 0 Å². The van der Waals surface area contributed by atoms with E-state index in [2.05, 4.69) is 5.32 Å². The molecule has 9 heteroatoms. The fourth-order valence-corrected chi connectivity index (χ4v) is 5.64. The van der Waals surface area contributed by atoms with Crippen molar-refractivity contribution in [3.8, 4) is 0 Å². The summed E-state index contributed by atoms with van der Waals surface area (Å²) in [5.74, 6) is -0.665. The lowest BCUT2D eigenvalue weighted by Crippen LogP contribution is -2.42. The van der Waals surface area contributed by atoms with E-state index >= 15 is 0 Å². The predicted molar refractivity (Wildman–Crippen MR) is 120 cm³/mol. The number of hydrogen-bond acceptors (Lipinski definition) is 4. The summed E-state index contributed by atoms with van der Waals surface area (Å²) in [6.07, 6.45) is 1.00. The van der Waals surface area contributed by atoms with Gasteiger partial charge in [-0.1, -0.05) is 13.8 Å². The van der Waals surface area contributed by atoms with Crippen LogP contribution in [-0.2, 0) is 14.8 Å². The van der Waals surface area contributed by atoms with Crippen LogP contribution in [0.25, 0.3) is 0 Å². The Hall–Kier alpha value is -2.78. The van der Waals surface area contributed by atoms with Crippen molar-refractivity contribution in [3.63, 3.8) is 0 Å². The highest BCUT2D eigenvalue weighted by Crippen LogP contribution is 2.26. The maximum Gasteiger partial charge on any atom is 0.254 e. The zero-order valence-electron chi connectivity index (χ0n) is 18.4. The molecule has 0 spiro atoms. The smallest absolute Gasteiger partial charge is 0.254 e. The predicted octanol–water partition coefficient (Wildman–Crippen LogP) is 3.20. The van der Waals surface area contributed by atoms with Gasteiger partial charge in [-0.15, -0.1) is 0 Å². The fraction of sp³-hybridized carbons (Fsp3) is 0.391. The first-order valence-corrected chi connectivity index (χ1v) is 11.9. The maximum atomic E-state index is 13.0. The van der Waals surface area contributed by atoms with E-state index in [4.69, 9.17) is 0 Å². The molecule has 0 aromatic heterocycles. The first-order valence-electron chi connectivity index (χ1n) is 10.5. The Morgan fingerprint density at radius 3 is 2.16 bits per heavy atom. The van der Waals surface area contributed by atoms with Crippen LogP contribution in [-0.4, -0.2) is 56.1 Å². The zero-order valence-corrected chi connectivity index (χ0v) is 19.2. The number of carbonyl (C=O) groups is 2. The van der Waals surface area contributed by atoms with Crippen LogP contribution in [0.5, 0.6) is 0 Å². The van der Waals surface area contributed by atoms with Crippen LogP contribution in [0.3, 0.4) is 0 Å². The summed E-state index contributed by atoms with van der Waals surface area (Å²) in [5, 5.41) is 2.59. The molecular weight excluding hydrogens is 433 g/mol. The van der Waals surface area contributed by atoms with Crippen LogP contribution in [0.2, 0.25) is 0 Å². The molecule has 2 unspecified atom stereocenters. The number of rotatable bonds is 6. The van der Waals surface area contributed by atoms with Gasteiger partial charge in [0.2, 0.25) is 15.9 Å². The summed E-state index contributed by atoms with van der Waals surface area (Å²) in [6, 6.07) is 11.1. The van der Waals surface area contributed by atoms with Gasteiger partial charge in [-0.25, -0.2) is 12.8 Å². The molecule has 1 aliphatic heterocycles. The first-order chi connectivity index (χ1) is 15.1. The summed E-state index contributed by atoms with van der Waals surface area (Å²) in [5.41, 5.74) is 0.703. The van der Waals surface area contributed by atoms with Gasteiger partial charge in [0.15, 0.2) is 0 Å². The molecule has 3 rings (SSSR count). The zero-order chi connectivity index (χ0) is 23.5. The van der Waals surface area contributed by atoms with E-state index in [1.165, 1.54) is 64.8 Å². The number of amides is 2. The molecule has 2 atom stereocenters. The number of nitrogens with one attached hydrogen (secondary N) is 1. The Morgan fingerprint density at radius 2 is 1.59 bits per heavy atom. The molecule has 1 aliphatic rings. The van der Waals surface area contributed by atoms with Crippen LogP contribution in [0, 0.1) is 17.7 Å². The summed E-state index contributed by atoms with van der Waals surface area (Å²) in [6.45, 7) is 4.85. The van der Waals surface area contributed by atoms with Crippen LogP contribution in [0.4, 0.5) is 10.1 Å². The minimum absolute atomic E-state index is 0.145. The number of benzene rings is 2. The normalized spacial score (nSPS) is 19.4. The van der Waals surface area contributed by atoms with Crippen LogP contribution in [0.1, 0.15) is 30.6 Å². The van der Waals surface area contributed by atoms with Gasteiger partial charge in [0.1, 0.15) is 5.82 Å². The van der Waals surface area contributed by atoms with Gasteiger partial charge < -0.3 is 10.2 Å². The second-order valence-corrected chi connectivity index (χ2v) is 10.4. The number of nitrogens with zero attached hydrogens (tertiary/aromatic N) is 2. The molecule has 32 heavy (non-hydrogen) atoms. The molecule has 2 aromatic rings. The van der Waals surface area contributed by atoms with Crippen molar-refractivity contribution in [3.05, 3.63) is 59.9 Å². The molecule has 0 bridgehead atoms. The average molecular weight is 462 g/mol. The van der Waals surface area contributed by atoms with Crippen molar-refractivity contribution >= 4 is 27.5 Å². The lowest BCUT2D eigenvalue weighted by Gasteiger charge is -2.34. The maximum absolute atomic E-state index is 13.0. The minimum Gasteiger partial charge on any atom is -0.332 e. The number of likely N-dealkylation sites (N-methyl/N-ethyl adjacent to an activating group) is 1. The molecule has 2 amide bonds. The minimum atomic E-state index is -3.63. The van der Waals surface area contributed by atoms with Crippen molar-refractivity contribution < 1.29 is 22.4 Å². The van der Waals surface area contributed by atoms with Crippen molar-refractivity contribution in [2.45, 2.75) is 25.2 Å². The van der Waals surface area contributed by atoms with Crippen molar-refractivity contribution in [2.75, 3.05) is 32.0 Å². The third kappa shape index (κ3) is 5.72. The van der Waals surface area contributed by atoms with E-state index < -0.39 is 27.7 Å². The molecule has 2 aromatic carbocycles. The van der Waals surface area contributed by atoms with Crippen molar-refractivity contribution in [1.82, 2.24) is 9.21 Å². The second-order valence-electron chi connectivity index (χ2n) is 8.51. The Kier molecular flexibility index (Phi) is 7.30. The van der Waals surface area contributed by atoms with Crippen LogP contribution < -0.4 is 5.32 Å². The lowest BCUT2D eigenvalue weighted by molar-refractivity contribution is -0.116. The SMILES string of the molecule is CC1CC(C)CN(S(=O)(=O)c2ccc(C(=O)N(C)CC(=O)Nc3ccc(F)cc3)cc2)C1. The van der Waals surface area contributed by atoms with Crippen molar-refractivity contribution in [1.29, 1.82) is 0 Å². The molecule has 1 fully saturated rings. The van der Waals surface area contributed by atoms with Gasteiger partial charge in [-0.3, -0.25) is 9.59 Å². The highest BCUT2D eigenvalue weighted by molar-refractivity contribution is 7.89. The fourth-order valence-electron chi connectivity index (χ4n) is 3.96. The van der Waals surface area contributed by atoms with Crippen molar-refractivity contribution in [2.24, 2.45) is 11.8 Å². The third-order valence-electron chi connectivity index (χ3n) is 5.43. The lowest BCUT2D eigenvalue weighted by atomic mass is 9.94. The van der Waals surface area contributed by atoms with Gasteiger partial charge >= 0.3 is 0 Å². The van der Waals surface area contributed by atoms with E-state index in [0.717, 1.165) is 6.42 Å². The van der Waals surface area contributed by atoms with E-state index in [1.807, 2.05) is 13.8 Å². The molecule has 0 aliphatic carbocycles. The molecule has 172 valence electrons. The highest BCUT2D eigenvalue weighted by atomic mass is 32.2. The largest absolute Gasteiger partial charge is 0.332 e. The quantitative estimate of drug-likeness (QED) is 0.716. The van der Waals surface area contributed by atoms with Gasteiger partial charge in [0.05, 0.1) is 11.4 Å². The van der Waals surface area contributed by atoms with E-state index in [9.17, 15) is 22.4 Å². The molecule has 7 nitrogen and oxygen atoms in total. The average Bonchev–Trinajstić information content (AvgIpc) is 2.74. The second kappa shape index (κ2) is 9.79. The van der Waals surface area contributed by atoms with E-state index in [0.29, 0.717) is 30.6 Å². The third-order valence-corrected chi connectivity index (χ3v) is 7.28. The Labute approximate surface area is 188 Å². The highest BCUT2D eigenvalue weighted by Gasteiger charge is 2.31. The summed E-state index contributed by atoms with van der Waals surface area (Å²) in [4.78, 5) is 26.2. The topological polar surface area (TPSA) is 86.8 Å². The monoisotopic (exact) mass is 461 g/mol. The molecule has 1 heterocycles. The van der Waals surface area contributed by atoms with Crippen LogP contribution in [0.15, 0.2) is 53.4 Å². The Morgan fingerprint density at radius 1 is 1.03 bits per heavy atom. The molecule has 0 radical (unpaired) electrons. The number of sulfonamides is 1.